The van der Waals surface area contributed by atoms with E-state index in [1.54, 1.807) is 22.2 Å². The van der Waals surface area contributed by atoms with Crippen molar-refractivity contribution in [2.75, 3.05) is 25.6 Å². The van der Waals surface area contributed by atoms with E-state index in [9.17, 15) is 12.8 Å². The van der Waals surface area contributed by atoms with Crippen LogP contribution < -0.4 is 5.32 Å². The van der Waals surface area contributed by atoms with Crippen LogP contribution in [0.2, 0.25) is 0 Å². The van der Waals surface area contributed by atoms with Gasteiger partial charge in [-0.3, -0.25) is 5.01 Å². The molecule has 122 valence electrons. The van der Waals surface area contributed by atoms with Crippen LogP contribution in [0.1, 0.15) is 12.0 Å². The zero-order chi connectivity index (χ0) is 16.3. The minimum absolute atomic E-state index is 0.115. The van der Waals surface area contributed by atoms with E-state index in [-0.39, 0.29) is 23.4 Å². The smallest absolute Gasteiger partial charge is 0.184 e. The lowest BCUT2D eigenvalue weighted by atomic mass is 10.2. The number of hydrazine groups is 1. The van der Waals surface area contributed by atoms with Crippen LogP contribution in [-0.4, -0.2) is 55.2 Å². The van der Waals surface area contributed by atoms with Gasteiger partial charge in [0.2, 0.25) is 0 Å². The number of thiocarbonyl (C=S) groups is 1. The Morgan fingerprint density at radius 2 is 2.00 bits per heavy atom. The molecular weight excluding hydrogens is 325 g/mol. The third-order valence-corrected chi connectivity index (χ3v) is 5.63. The van der Waals surface area contributed by atoms with Crippen molar-refractivity contribution in [3.8, 4) is 0 Å². The van der Waals surface area contributed by atoms with E-state index in [0.29, 0.717) is 18.1 Å². The molecule has 2 rings (SSSR count). The highest BCUT2D eigenvalue weighted by Crippen LogP contribution is 2.18. The van der Waals surface area contributed by atoms with Gasteiger partial charge in [-0.1, -0.05) is 12.1 Å². The lowest BCUT2D eigenvalue weighted by Gasteiger charge is -2.36. The van der Waals surface area contributed by atoms with E-state index in [0.717, 1.165) is 5.56 Å². The Kier molecular flexibility index (Phi) is 5.36. The summed E-state index contributed by atoms with van der Waals surface area (Å²) in [6.07, 6.45) is 0.568. The lowest BCUT2D eigenvalue weighted by molar-refractivity contribution is 0.0712. The summed E-state index contributed by atoms with van der Waals surface area (Å²) < 4.78 is 36.2. The van der Waals surface area contributed by atoms with Gasteiger partial charge in [0.25, 0.3) is 0 Å². The first-order valence-electron chi connectivity index (χ1n) is 6.97. The zero-order valence-corrected chi connectivity index (χ0v) is 14.3. The molecule has 0 radical (unpaired) electrons. The number of benzene rings is 1. The van der Waals surface area contributed by atoms with Crippen molar-refractivity contribution in [2.24, 2.45) is 0 Å². The third-order valence-electron chi connectivity index (χ3n) is 3.55. The number of hydrogen-bond donors (Lipinski definition) is 1. The molecule has 0 saturated carbocycles. The Labute approximate surface area is 136 Å². The Morgan fingerprint density at radius 3 is 2.50 bits per heavy atom. The zero-order valence-electron chi connectivity index (χ0n) is 12.6. The molecule has 22 heavy (non-hydrogen) atoms. The van der Waals surface area contributed by atoms with Gasteiger partial charge in [-0.15, -0.1) is 0 Å². The second-order valence-corrected chi connectivity index (χ2v) is 8.15. The first-order chi connectivity index (χ1) is 10.3. The molecule has 1 N–H and O–H groups in total. The van der Waals surface area contributed by atoms with E-state index in [1.165, 1.54) is 12.1 Å². The van der Waals surface area contributed by atoms with Gasteiger partial charge in [-0.05, 0) is 36.3 Å². The lowest BCUT2D eigenvalue weighted by Crippen LogP contribution is -2.53. The molecule has 1 aromatic rings. The number of halogens is 1. The average molecular weight is 345 g/mol. The number of nitrogens with one attached hydrogen (secondary N) is 1. The average Bonchev–Trinajstić information content (AvgIpc) is 2.78. The van der Waals surface area contributed by atoms with E-state index in [4.69, 9.17) is 12.2 Å². The summed E-state index contributed by atoms with van der Waals surface area (Å²) >= 11 is 5.39. The molecule has 0 bridgehead atoms. The highest BCUT2D eigenvalue weighted by Gasteiger charge is 2.34. The predicted molar refractivity (Wildman–Crippen MR) is 88.4 cm³/mol. The number of rotatable bonds is 4. The van der Waals surface area contributed by atoms with Crippen LogP contribution in [0.3, 0.4) is 0 Å². The van der Waals surface area contributed by atoms with Crippen molar-refractivity contribution in [3.05, 3.63) is 35.6 Å². The number of sulfone groups is 1. The van der Waals surface area contributed by atoms with Gasteiger partial charge < -0.3 is 5.32 Å². The van der Waals surface area contributed by atoms with Crippen LogP contribution in [0.25, 0.3) is 0 Å². The van der Waals surface area contributed by atoms with Gasteiger partial charge >= 0.3 is 0 Å². The third kappa shape index (κ3) is 4.37. The van der Waals surface area contributed by atoms with E-state index in [2.05, 4.69) is 5.32 Å². The minimum atomic E-state index is -2.98. The van der Waals surface area contributed by atoms with E-state index < -0.39 is 9.84 Å². The van der Waals surface area contributed by atoms with Crippen molar-refractivity contribution < 1.29 is 12.8 Å². The van der Waals surface area contributed by atoms with Crippen molar-refractivity contribution in [1.29, 1.82) is 0 Å². The van der Waals surface area contributed by atoms with Gasteiger partial charge in [-0.2, -0.15) is 0 Å². The molecule has 1 aliphatic heterocycles. The van der Waals surface area contributed by atoms with Crippen molar-refractivity contribution in [2.45, 2.75) is 19.0 Å². The molecule has 0 amide bonds. The molecule has 0 unspecified atom stereocenters. The monoisotopic (exact) mass is 345 g/mol. The maximum Gasteiger partial charge on any atom is 0.184 e. The SMILES string of the molecule is CN(C)N(C(=S)NCc1ccc(F)cc1)[C@H]1CCS(=O)(=O)C1. The maximum atomic E-state index is 12.9. The molecule has 1 aliphatic rings. The van der Waals surface area contributed by atoms with E-state index >= 15 is 0 Å². The number of hydrogen-bond acceptors (Lipinski definition) is 4. The fraction of sp³-hybridized carbons (Fsp3) is 0.500. The van der Waals surface area contributed by atoms with Crippen molar-refractivity contribution in [1.82, 2.24) is 15.3 Å². The molecule has 0 aliphatic carbocycles. The quantitative estimate of drug-likeness (QED) is 0.653. The van der Waals surface area contributed by atoms with Crippen LogP contribution in [0.4, 0.5) is 4.39 Å². The van der Waals surface area contributed by atoms with Gasteiger partial charge in [0, 0.05) is 20.6 Å². The normalized spacial score (nSPS) is 20.1. The molecule has 1 atom stereocenters. The topological polar surface area (TPSA) is 52.6 Å². The second-order valence-electron chi connectivity index (χ2n) is 5.53. The van der Waals surface area contributed by atoms with Crippen LogP contribution in [0.5, 0.6) is 0 Å². The second kappa shape index (κ2) is 6.89. The standard InChI is InChI=1S/C14H20FN3O2S2/c1-17(2)18(13-7-8-22(19,20)10-13)14(21)16-9-11-3-5-12(15)6-4-11/h3-6,13H,7-10H2,1-2H3,(H,16,21)/t13-/m0/s1. The fourth-order valence-corrected chi connectivity index (χ4v) is 4.58. The summed E-state index contributed by atoms with van der Waals surface area (Å²) in [6.45, 7) is 0.461. The van der Waals surface area contributed by atoms with Crippen molar-refractivity contribution >= 4 is 27.2 Å². The summed E-state index contributed by atoms with van der Waals surface area (Å²) in [6, 6.07) is 6.02. The highest BCUT2D eigenvalue weighted by molar-refractivity contribution is 7.91. The molecule has 0 aromatic heterocycles. The molecule has 0 spiro atoms. The molecule has 1 aromatic carbocycles. The summed E-state index contributed by atoms with van der Waals surface area (Å²) in [4.78, 5) is 0. The predicted octanol–water partition coefficient (Wildman–Crippen LogP) is 1.17. The maximum absolute atomic E-state index is 12.9. The first-order valence-corrected chi connectivity index (χ1v) is 9.20. The first kappa shape index (κ1) is 17.1. The molecule has 1 heterocycles. The molecule has 1 saturated heterocycles. The number of nitrogens with zero attached hydrogens (tertiary/aromatic N) is 2. The van der Waals surface area contributed by atoms with Crippen LogP contribution >= 0.6 is 12.2 Å². The van der Waals surface area contributed by atoms with Gasteiger partial charge in [0.15, 0.2) is 14.9 Å². The molecular formula is C14H20FN3O2S2. The molecule has 8 heteroatoms. The summed E-state index contributed by atoms with van der Waals surface area (Å²) in [5.74, 6) is 0.0315. The largest absolute Gasteiger partial charge is 0.357 e. The Balaban J connectivity index is 2.00. The van der Waals surface area contributed by atoms with Gasteiger partial charge in [0.05, 0.1) is 17.5 Å². The summed E-state index contributed by atoms with van der Waals surface area (Å²) in [5.41, 5.74) is 0.904. The molecule has 1 fully saturated rings. The Bertz CT molecular complexity index is 632. The fourth-order valence-electron chi connectivity index (χ4n) is 2.50. The van der Waals surface area contributed by atoms with Gasteiger partial charge in [0.1, 0.15) is 5.82 Å². The minimum Gasteiger partial charge on any atom is -0.357 e. The summed E-state index contributed by atoms with van der Waals surface area (Å²) in [5, 5.41) is 7.16. The highest BCUT2D eigenvalue weighted by atomic mass is 32.2. The Morgan fingerprint density at radius 1 is 1.36 bits per heavy atom. The van der Waals surface area contributed by atoms with Crippen LogP contribution in [0, 0.1) is 5.82 Å². The van der Waals surface area contributed by atoms with Crippen molar-refractivity contribution in [3.63, 3.8) is 0 Å². The Hall–Kier alpha value is -1.25. The summed E-state index contributed by atoms with van der Waals surface area (Å²) in [7, 11) is 0.684. The van der Waals surface area contributed by atoms with E-state index in [1.807, 2.05) is 14.1 Å². The van der Waals surface area contributed by atoms with Crippen LogP contribution in [-0.2, 0) is 16.4 Å². The van der Waals surface area contributed by atoms with Crippen LogP contribution in [0.15, 0.2) is 24.3 Å². The van der Waals surface area contributed by atoms with Gasteiger partial charge in [-0.25, -0.2) is 17.8 Å². The molecule has 5 nitrogen and oxygen atoms in total.